The first-order chi connectivity index (χ1) is 11.0. The number of carbonyl (C=O) groups is 1. The van der Waals surface area contributed by atoms with Crippen LogP contribution in [0.25, 0.3) is 0 Å². The molecule has 0 radical (unpaired) electrons. The van der Waals surface area contributed by atoms with Gasteiger partial charge in [0.1, 0.15) is 0 Å². The third-order valence-electron chi connectivity index (χ3n) is 4.94. The first-order valence-electron chi connectivity index (χ1n) is 8.03. The summed E-state index contributed by atoms with van der Waals surface area (Å²) in [4.78, 5) is 15.2. The van der Waals surface area contributed by atoms with Crippen LogP contribution in [-0.2, 0) is 4.79 Å². The maximum Gasteiger partial charge on any atom is 0.306 e. The average Bonchev–Trinajstić information content (AvgIpc) is 2.55. The Labute approximate surface area is 134 Å². The minimum absolute atomic E-state index is 0.0125. The zero-order chi connectivity index (χ0) is 17.0. The number of nitrogens with zero attached hydrogens (tertiary/aromatic N) is 1. The van der Waals surface area contributed by atoms with Gasteiger partial charge in [-0.05, 0) is 55.6 Å². The zero-order valence-corrected chi connectivity index (χ0v) is 13.5. The Morgan fingerprint density at radius 3 is 2.52 bits per heavy atom. The molecule has 1 aromatic rings. The highest BCUT2D eigenvalue weighted by molar-refractivity contribution is 5.70. The van der Waals surface area contributed by atoms with Gasteiger partial charge in [-0.2, -0.15) is 0 Å². The van der Waals surface area contributed by atoms with Gasteiger partial charge in [0.25, 0.3) is 6.43 Å². The molecule has 128 valence electrons. The summed E-state index contributed by atoms with van der Waals surface area (Å²) in [6, 6.07) is 1.64. The van der Waals surface area contributed by atoms with Crippen LogP contribution in [0.3, 0.4) is 0 Å². The lowest BCUT2D eigenvalue weighted by atomic mass is 9.72. The summed E-state index contributed by atoms with van der Waals surface area (Å²) in [6.07, 6.45) is 2.43. The van der Waals surface area contributed by atoms with E-state index in [0.717, 1.165) is 25.7 Å². The summed E-state index contributed by atoms with van der Waals surface area (Å²) in [5, 5.41) is 9.27. The molecule has 1 saturated carbocycles. The molecular formula is C17H23F2NO3. The van der Waals surface area contributed by atoms with Crippen molar-refractivity contribution in [3.63, 3.8) is 0 Å². The topological polar surface area (TPSA) is 59.4 Å². The summed E-state index contributed by atoms with van der Waals surface area (Å²) >= 11 is 0. The minimum atomic E-state index is -2.63. The monoisotopic (exact) mass is 327 g/mol. The lowest BCUT2D eigenvalue weighted by Gasteiger charge is -2.32. The molecule has 1 aliphatic rings. The Morgan fingerprint density at radius 2 is 2.04 bits per heavy atom. The molecule has 1 aliphatic carbocycles. The summed E-state index contributed by atoms with van der Waals surface area (Å²) in [5.74, 6) is -0.963. The Bertz CT molecular complexity index is 543. The van der Waals surface area contributed by atoms with Crippen LogP contribution in [0.2, 0.25) is 0 Å². The molecule has 4 nitrogen and oxygen atoms in total. The molecule has 0 amide bonds. The predicted octanol–water partition coefficient (Wildman–Crippen LogP) is 4.41. The van der Waals surface area contributed by atoms with Gasteiger partial charge in [0.2, 0.25) is 5.88 Å². The van der Waals surface area contributed by atoms with Gasteiger partial charge < -0.3 is 9.84 Å². The molecular weight excluding hydrogens is 304 g/mol. The standard InChI is InChI=1S/C17H23F2NO3/c1-3-12(17(21)22)10-4-6-11(7-5-10)13-8-9-20-16(23-2)14(13)15(18)19/h8-12,15H,3-7H2,1-2H3,(H,21,22)/t10-,11+,12?. The van der Waals surface area contributed by atoms with E-state index in [0.29, 0.717) is 12.0 Å². The SMILES string of the molecule is CCC(C(=O)O)[C@H]1CC[C@@H](c2ccnc(OC)c2C(F)F)CC1. The maximum absolute atomic E-state index is 13.4. The number of pyridine rings is 1. The number of aromatic nitrogens is 1. The summed E-state index contributed by atoms with van der Waals surface area (Å²) in [7, 11) is 1.34. The molecule has 0 aliphatic heterocycles. The summed E-state index contributed by atoms with van der Waals surface area (Å²) in [6.45, 7) is 1.88. The van der Waals surface area contributed by atoms with E-state index < -0.39 is 12.4 Å². The molecule has 23 heavy (non-hydrogen) atoms. The summed E-state index contributed by atoms with van der Waals surface area (Å²) in [5.41, 5.74) is 0.470. The number of halogens is 2. The second-order valence-electron chi connectivity index (χ2n) is 6.09. The van der Waals surface area contributed by atoms with Crippen LogP contribution in [0.15, 0.2) is 12.3 Å². The highest BCUT2D eigenvalue weighted by Gasteiger charge is 2.33. The van der Waals surface area contributed by atoms with Crippen LogP contribution < -0.4 is 4.74 Å². The normalized spacial score (nSPS) is 22.8. The minimum Gasteiger partial charge on any atom is -0.481 e. The first kappa shape index (κ1) is 17.6. The lowest BCUT2D eigenvalue weighted by molar-refractivity contribution is -0.144. The van der Waals surface area contributed by atoms with E-state index in [1.165, 1.54) is 13.3 Å². The highest BCUT2D eigenvalue weighted by Crippen LogP contribution is 2.43. The molecule has 0 aromatic carbocycles. The number of aliphatic carboxylic acids is 1. The third-order valence-corrected chi connectivity index (χ3v) is 4.94. The van der Waals surface area contributed by atoms with Crippen LogP contribution in [0.1, 0.15) is 62.5 Å². The molecule has 1 N–H and O–H groups in total. The molecule has 1 heterocycles. The van der Waals surface area contributed by atoms with Crippen molar-refractivity contribution in [2.24, 2.45) is 11.8 Å². The number of carboxylic acids is 1. The van der Waals surface area contributed by atoms with Crippen LogP contribution in [-0.4, -0.2) is 23.2 Å². The number of rotatable bonds is 6. The second-order valence-corrected chi connectivity index (χ2v) is 6.09. The fourth-order valence-electron chi connectivity index (χ4n) is 3.75. The van der Waals surface area contributed by atoms with Crippen molar-refractivity contribution in [2.75, 3.05) is 7.11 Å². The molecule has 0 spiro atoms. The molecule has 0 saturated heterocycles. The fraction of sp³-hybridized carbons (Fsp3) is 0.647. The molecule has 1 unspecified atom stereocenters. The number of alkyl halides is 2. The Balaban J connectivity index is 2.16. The largest absolute Gasteiger partial charge is 0.481 e. The number of hydrogen-bond donors (Lipinski definition) is 1. The molecule has 1 aromatic heterocycles. The quantitative estimate of drug-likeness (QED) is 0.840. The zero-order valence-electron chi connectivity index (χ0n) is 13.5. The Kier molecular flexibility index (Phi) is 5.91. The van der Waals surface area contributed by atoms with E-state index in [-0.39, 0.29) is 29.2 Å². The average molecular weight is 327 g/mol. The van der Waals surface area contributed by atoms with Gasteiger partial charge in [-0.15, -0.1) is 0 Å². The molecule has 1 atom stereocenters. The third kappa shape index (κ3) is 3.79. The van der Waals surface area contributed by atoms with Crippen molar-refractivity contribution in [3.05, 3.63) is 23.4 Å². The van der Waals surface area contributed by atoms with Crippen LogP contribution in [0.4, 0.5) is 8.78 Å². The summed E-state index contributed by atoms with van der Waals surface area (Å²) < 4.78 is 31.8. The van der Waals surface area contributed by atoms with Crippen molar-refractivity contribution in [3.8, 4) is 5.88 Å². The molecule has 6 heteroatoms. The van der Waals surface area contributed by atoms with Gasteiger partial charge in [-0.3, -0.25) is 4.79 Å². The lowest BCUT2D eigenvalue weighted by Crippen LogP contribution is -2.27. The van der Waals surface area contributed by atoms with Gasteiger partial charge in [-0.1, -0.05) is 6.92 Å². The number of hydrogen-bond acceptors (Lipinski definition) is 3. The Hall–Kier alpha value is -1.72. The van der Waals surface area contributed by atoms with Crippen molar-refractivity contribution >= 4 is 5.97 Å². The van der Waals surface area contributed by atoms with E-state index in [1.54, 1.807) is 6.07 Å². The van der Waals surface area contributed by atoms with Crippen LogP contribution >= 0.6 is 0 Å². The molecule has 1 fully saturated rings. The van der Waals surface area contributed by atoms with Gasteiger partial charge in [-0.25, -0.2) is 13.8 Å². The molecule has 0 bridgehead atoms. The van der Waals surface area contributed by atoms with E-state index >= 15 is 0 Å². The number of ether oxygens (including phenoxy) is 1. The van der Waals surface area contributed by atoms with Crippen molar-refractivity contribution in [1.29, 1.82) is 0 Å². The first-order valence-corrected chi connectivity index (χ1v) is 8.03. The van der Waals surface area contributed by atoms with E-state index in [1.807, 2.05) is 6.92 Å². The van der Waals surface area contributed by atoms with Crippen molar-refractivity contribution in [2.45, 2.75) is 51.4 Å². The molecule has 2 rings (SSSR count). The number of carboxylic acid groups (broad SMARTS) is 1. The van der Waals surface area contributed by atoms with Crippen LogP contribution in [0, 0.1) is 11.8 Å². The highest BCUT2D eigenvalue weighted by atomic mass is 19.3. The van der Waals surface area contributed by atoms with Crippen LogP contribution in [0.5, 0.6) is 5.88 Å². The van der Waals surface area contributed by atoms with Gasteiger partial charge in [0, 0.05) is 6.20 Å². The van der Waals surface area contributed by atoms with Crippen molar-refractivity contribution in [1.82, 2.24) is 4.98 Å². The Morgan fingerprint density at radius 1 is 1.39 bits per heavy atom. The number of methoxy groups -OCH3 is 1. The predicted molar refractivity (Wildman–Crippen MR) is 81.9 cm³/mol. The van der Waals surface area contributed by atoms with E-state index in [4.69, 9.17) is 4.74 Å². The van der Waals surface area contributed by atoms with Crippen molar-refractivity contribution < 1.29 is 23.4 Å². The van der Waals surface area contributed by atoms with E-state index in [9.17, 15) is 18.7 Å². The van der Waals surface area contributed by atoms with E-state index in [2.05, 4.69) is 4.98 Å². The van der Waals surface area contributed by atoms with Gasteiger partial charge in [0.05, 0.1) is 18.6 Å². The van der Waals surface area contributed by atoms with Gasteiger partial charge in [0.15, 0.2) is 0 Å². The van der Waals surface area contributed by atoms with Gasteiger partial charge >= 0.3 is 5.97 Å². The fourth-order valence-corrected chi connectivity index (χ4v) is 3.75. The smallest absolute Gasteiger partial charge is 0.306 e. The second kappa shape index (κ2) is 7.70. The maximum atomic E-state index is 13.4.